The minimum absolute atomic E-state index is 0. The maximum absolute atomic E-state index is 13.1. The predicted molar refractivity (Wildman–Crippen MR) is 148 cm³/mol. The zero-order chi connectivity index (χ0) is 25.1. The van der Waals surface area contributed by atoms with Crippen molar-refractivity contribution in [3.8, 4) is 10.4 Å². The van der Waals surface area contributed by atoms with E-state index in [2.05, 4.69) is 64.1 Å². The third-order valence-corrected chi connectivity index (χ3v) is 9.94. The fourth-order valence-electron chi connectivity index (χ4n) is 6.06. The van der Waals surface area contributed by atoms with Gasteiger partial charge in [0.05, 0.1) is 0 Å². The summed E-state index contributed by atoms with van der Waals surface area (Å²) in [4.78, 5) is 14.2. The van der Waals surface area contributed by atoms with E-state index in [1.165, 1.54) is 10.1 Å². The molecule has 0 bridgehead atoms. The average molecular weight is 679 g/mol. The number of carbonyl (C=O) groups excluding carboxylic acids is 1. The third-order valence-electron chi connectivity index (χ3n) is 8.84. The van der Waals surface area contributed by atoms with Crippen molar-refractivity contribution in [2.45, 2.75) is 79.1 Å². The first-order valence-corrected chi connectivity index (χ1v) is 14.1. The van der Waals surface area contributed by atoms with Gasteiger partial charge in [0.2, 0.25) is 0 Å². The van der Waals surface area contributed by atoms with Gasteiger partial charge in [-0.05, 0) is 57.3 Å². The topological polar surface area (TPSA) is 37.3 Å². The molecular weight excluding hydrogens is 641 g/mol. The molecule has 2 nitrogen and oxygen atoms in total. The molecule has 0 amide bonds. The molecule has 36 heavy (non-hydrogen) atoms. The van der Waals surface area contributed by atoms with Crippen LogP contribution in [0.15, 0.2) is 59.9 Å². The Morgan fingerprint density at radius 2 is 1.53 bits per heavy atom. The average Bonchev–Trinajstić information content (AvgIpc) is 3.35. The molecule has 1 radical (unpaired) electrons. The van der Waals surface area contributed by atoms with E-state index >= 15 is 0 Å². The van der Waals surface area contributed by atoms with E-state index in [-0.39, 0.29) is 36.7 Å². The Balaban J connectivity index is 0.000000202. The number of thiophene rings is 1. The molecule has 5 rings (SSSR count). The number of ketones is 1. The number of benzene rings is 2. The fourth-order valence-corrected chi connectivity index (χ4v) is 7.05. The molecule has 2 aliphatic carbocycles. The van der Waals surface area contributed by atoms with Gasteiger partial charge in [-0.25, -0.2) is 5.56 Å². The summed E-state index contributed by atoms with van der Waals surface area (Å²) in [5, 5.41) is 12.1. The first kappa shape index (κ1) is 28.8. The van der Waals surface area contributed by atoms with Gasteiger partial charge < -0.3 is 5.11 Å². The molecule has 1 atom stereocenters. The van der Waals surface area contributed by atoms with Crippen molar-refractivity contribution in [1.29, 1.82) is 0 Å². The SMILES string of the molecule is CCC1(CC)CCC2CCC(CC)(CC)C(O)=C2C1=O.[Ir].[c-]1ccccc1-c1[c-]c2ccccc2s1. The first-order valence-electron chi connectivity index (χ1n) is 13.3. The Bertz CT molecular complexity index is 1150. The first-order chi connectivity index (χ1) is 16.9. The van der Waals surface area contributed by atoms with E-state index in [1.54, 1.807) is 11.3 Å². The summed E-state index contributed by atoms with van der Waals surface area (Å²) in [6.07, 6.45) is 7.87. The largest absolute Gasteiger partial charge is 0.511 e. The molecule has 1 fully saturated rings. The van der Waals surface area contributed by atoms with Crippen LogP contribution in [-0.2, 0) is 24.9 Å². The maximum atomic E-state index is 13.1. The van der Waals surface area contributed by atoms with Gasteiger partial charge in [-0.3, -0.25) is 16.1 Å². The van der Waals surface area contributed by atoms with Crippen molar-refractivity contribution in [3.63, 3.8) is 0 Å². The Hall–Kier alpha value is -1.74. The molecule has 0 saturated heterocycles. The Kier molecular flexibility index (Phi) is 9.77. The van der Waals surface area contributed by atoms with Gasteiger partial charge in [0.15, 0.2) is 5.78 Å². The molecule has 4 heteroatoms. The molecule has 1 saturated carbocycles. The van der Waals surface area contributed by atoms with Gasteiger partial charge in [0, 0.05) is 36.5 Å². The van der Waals surface area contributed by atoms with Crippen LogP contribution in [0.3, 0.4) is 0 Å². The van der Waals surface area contributed by atoms with Gasteiger partial charge in [0.25, 0.3) is 0 Å². The minimum atomic E-state index is -0.204. The van der Waals surface area contributed by atoms with Gasteiger partial charge in [-0.15, -0.1) is 28.5 Å². The Morgan fingerprint density at radius 1 is 0.917 bits per heavy atom. The Labute approximate surface area is 234 Å². The fraction of sp³-hybridized carbons (Fsp3) is 0.469. The van der Waals surface area contributed by atoms with E-state index < -0.39 is 0 Å². The van der Waals surface area contributed by atoms with Crippen LogP contribution >= 0.6 is 11.3 Å². The van der Waals surface area contributed by atoms with Gasteiger partial charge in [-0.1, -0.05) is 44.5 Å². The van der Waals surface area contributed by atoms with Crippen LogP contribution in [0.2, 0.25) is 0 Å². The molecule has 2 aromatic carbocycles. The normalized spacial score (nSPS) is 20.2. The molecule has 0 spiro atoms. The van der Waals surface area contributed by atoms with Gasteiger partial charge in [-0.2, -0.15) is 30.3 Å². The third kappa shape index (κ3) is 5.28. The zero-order valence-electron chi connectivity index (χ0n) is 22.0. The van der Waals surface area contributed by atoms with E-state index in [4.69, 9.17) is 0 Å². The zero-order valence-corrected chi connectivity index (χ0v) is 25.2. The second-order valence-corrected chi connectivity index (χ2v) is 11.2. The van der Waals surface area contributed by atoms with Gasteiger partial charge in [0.1, 0.15) is 5.76 Å². The van der Waals surface area contributed by atoms with Crippen molar-refractivity contribution in [1.82, 2.24) is 0 Å². The number of carbonyl (C=O) groups is 1. The minimum Gasteiger partial charge on any atom is -0.511 e. The van der Waals surface area contributed by atoms with Crippen LogP contribution in [0.25, 0.3) is 20.5 Å². The van der Waals surface area contributed by atoms with Crippen LogP contribution in [0.1, 0.15) is 79.1 Å². The Morgan fingerprint density at radius 3 is 2.11 bits per heavy atom. The summed E-state index contributed by atoms with van der Waals surface area (Å²) in [7, 11) is 0. The summed E-state index contributed by atoms with van der Waals surface area (Å²) in [5.74, 6) is 1.04. The number of rotatable bonds is 5. The second kappa shape index (κ2) is 12.2. The molecule has 1 unspecified atom stereocenters. The number of allylic oxidation sites excluding steroid dienone is 2. The standard InChI is InChI=1S/C18H30O2.C14H8S.Ir/c1-5-17(6-2)11-9-13-10-12-18(7-3,8-4)16(20)14(13)15(17)19;1-2-6-11(7-3-1)14-10-12-8-4-5-9-13(12)15-14;/h13,19H,5-12H2,1-4H3;1-6,8-9H;/q;-2;. The number of fused-ring (bicyclic) bond motifs is 2. The molecule has 1 aromatic heterocycles. The molecule has 1 N–H and O–H groups in total. The van der Waals surface area contributed by atoms with Crippen LogP contribution in [0.5, 0.6) is 0 Å². The van der Waals surface area contributed by atoms with E-state index in [1.807, 2.05) is 24.3 Å². The number of aliphatic hydroxyl groups excluding tert-OH is 1. The predicted octanol–water partition coefficient (Wildman–Crippen LogP) is 9.35. The van der Waals surface area contributed by atoms with Crippen molar-refractivity contribution >= 4 is 27.2 Å². The summed E-state index contributed by atoms with van der Waals surface area (Å²) in [6, 6.07) is 23.0. The number of aliphatic hydroxyl groups is 1. The number of Topliss-reactive ketones (excluding diaryl/α,β-unsaturated/α-hetero) is 1. The summed E-state index contributed by atoms with van der Waals surface area (Å²) in [5.41, 5.74) is 1.60. The maximum Gasteiger partial charge on any atom is 0.168 e. The van der Waals surface area contributed by atoms with Crippen molar-refractivity contribution < 1.29 is 30.0 Å². The number of hydrogen-bond donors (Lipinski definition) is 1. The van der Waals surface area contributed by atoms with E-state index in [9.17, 15) is 9.90 Å². The van der Waals surface area contributed by atoms with Crippen LogP contribution < -0.4 is 0 Å². The summed E-state index contributed by atoms with van der Waals surface area (Å²) < 4.78 is 1.28. The second-order valence-electron chi connectivity index (χ2n) is 10.2. The summed E-state index contributed by atoms with van der Waals surface area (Å²) in [6.45, 7) is 8.52. The van der Waals surface area contributed by atoms with Crippen molar-refractivity contribution in [2.75, 3.05) is 0 Å². The van der Waals surface area contributed by atoms with E-state index in [0.29, 0.717) is 11.7 Å². The van der Waals surface area contributed by atoms with Crippen molar-refractivity contribution in [3.05, 3.63) is 72.0 Å². The van der Waals surface area contributed by atoms with Crippen LogP contribution in [0, 0.1) is 28.9 Å². The molecule has 3 aromatic rings. The molecule has 0 aliphatic heterocycles. The molecule has 195 valence electrons. The smallest absolute Gasteiger partial charge is 0.168 e. The van der Waals surface area contributed by atoms with E-state index in [0.717, 1.165) is 67.4 Å². The van der Waals surface area contributed by atoms with Crippen molar-refractivity contribution in [2.24, 2.45) is 16.7 Å². The summed E-state index contributed by atoms with van der Waals surface area (Å²) >= 11 is 1.76. The number of hydrogen-bond acceptors (Lipinski definition) is 3. The van der Waals surface area contributed by atoms with Gasteiger partial charge >= 0.3 is 0 Å². The molecule has 2 aliphatic rings. The monoisotopic (exact) mass is 679 g/mol. The van der Waals surface area contributed by atoms with Crippen LogP contribution in [-0.4, -0.2) is 10.9 Å². The molecule has 1 heterocycles. The van der Waals surface area contributed by atoms with Crippen LogP contribution in [0.4, 0.5) is 0 Å². The molecular formula is C32H38IrO2S-2. The quantitative estimate of drug-likeness (QED) is 0.273.